The molecule has 2 heteroatoms. The lowest BCUT2D eigenvalue weighted by molar-refractivity contribution is 0.351. The quantitative estimate of drug-likeness (QED) is 0.795. The molecule has 1 rings (SSSR count). The number of pyridine rings is 1. The summed E-state index contributed by atoms with van der Waals surface area (Å²) in [6.45, 7) is 9.79. The second kappa shape index (κ2) is 6.64. The van der Waals surface area contributed by atoms with E-state index in [1.54, 1.807) is 0 Å². The molecule has 1 heterocycles. The molecule has 0 saturated heterocycles. The van der Waals surface area contributed by atoms with Gasteiger partial charge >= 0.3 is 0 Å². The van der Waals surface area contributed by atoms with Crippen molar-refractivity contribution in [2.75, 3.05) is 0 Å². The van der Waals surface area contributed by atoms with Crippen molar-refractivity contribution in [1.82, 2.24) is 10.3 Å². The van der Waals surface area contributed by atoms with Crippen molar-refractivity contribution in [3.05, 3.63) is 29.6 Å². The summed E-state index contributed by atoms with van der Waals surface area (Å²) < 4.78 is 0. The molecule has 0 spiro atoms. The number of nitrogens with one attached hydrogen (secondary N) is 1. The van der Waals surface area contributed by atoms with Gasteiger partial charge in [-0.15, -0.1) is 0 Å². The van der Waals surface area contributed by atoms with Crippen molar-refractivity contribution in [3.8, 4) is 0 Å². The van der Waals surface area contributed by atoms with Crippen LogP contribution in [0.15, 0.2) is 18.3 Å². The zero-order chi connectivity index (χ0) is 12.0. The number of hydrogen-bond donors (Lipinski definition) is 1. The van der Waals surface area contributed by atoms with Crippen LogP contribution < -0.4 is 5.32 Å². The van der Waals surface area contributed by atoms with Crippen LogP contribution >= 0.6 is 0 Å². The Morgan fingerprint density at radius 1 is 1.31 bits per heavy atom. The SMILES string of the molecule is CCC(CC)C(C)NCc1ncccc1C. The molecule has 0 radical (unpaired) electrons. The molecule has 0 aliphatic carbocycles. The Balaban J connectivity index is 2.48. The highest BCUT2D eigenvalue weighted by Crippen LogP contribution is 2.13. The molecule has 1 aromatic heterocycles. The van der Waals surface area contributed by atoms with E-state index >= 15 is 0 Å². The van der Waals surface area contributed by atoms with Crippen LogP contribution in [0.25, 0.3) is 0 Å². The zero-order valence-electron chi connectivity index (χ0n) is 11.0. The van der Waals surface area contributed by atoms with Gasteiger partial charge in [0.2, 0.25) is 0 Å². The van der Waals surface area contributed by atoms with E-state index in [9.17, 15) is 0 Å². The van der Waals surface area contributed by atoms with Crippen molar-refractivity contribution in [2.45, 2.75) is 53.1 Å². The van der Waals surface area contributed by atoms with Crippen LogP contribution in [0.3, 0.4) is 0 Å². The van der Waals surface area contributed by atoms with Crippen LogP contribution in [0.4, 0.5) is 0 Å². The summed E-state index contributed by atoms with van der Waals surface area (Å²) in [5.41, 5.74) is 2.44. The number of rotatable bonds is 6. The first-order chi connectivity index (χ1) is 7.69. The standard InChI is InChI=1S/C14H24N2/c1-5-13(6-2)12(4)16-10-14-11(3)8-7-9-15-14/h7-9,12-13,16H,5-6,10H2,1-4H3. The molecule has 0 aromatic carbocycles. The summed E-state index contributed by atoms with van der Waals surface area (Å²) in [6.07, 6.45) is 4.35. The van der Waals surface area contributed by atoms with Crippen LogP contribution in [-0.2, 0) is 6.54 Å². The maximum Gasteiger partial charge on any atom is 0.0570 e. The largest absolute Gasteiger partial charge is 0.308 e. The molecule has 90 valence electrons. The van der Waals surface area contributed by atoms with Gasteiger partial charge in [-0.05, 0) is 31.4 Å². The van der Waals surface area contributed by atoms with E-state index in [1.807, 2.05) is 12.3 Å². The highest BCUT2D eigenvalue weighted by atomic mass is 14.9. The summed E-state index contributed by atoms with van der Waals surface area (Å²) in [6, 6.07) is 4.67. The molecule has 1 unspecified atom stereocenters. The highest BCUT2D eigenvalue weighted by Gasteiger charge is 2.12. The van der Waals surface area contributed by atoms with Gasteiger partial charge in [0.15, 0.2) is 0 Å². The third-order valence-electron chi connectivity index (χ3n) is 3.47. The maximum absolute atomic E-state index is 4.40. The van der Waals surface area contributed by atoms with Gasteiger partial charge in [-0.1, -0.05) is 32.8 Å². The van der Waals surface area contributed by atoms with Gasteiger partial charge in [0.25, 0.3) is 0 Å². The van der Waals surface area contributed by atoms with Crippen molar-refractivity contribution in [3.63, 3.8) is 0 Å². The van der Waals surface area contributed by atoms with Crippen LogP contribution in [-0.4, -0.2) is 11.0 Å². The monoisotopic (exact) mass is 220 g/mol. The van der Waals surface area contributed by atoms with Crippen molar-refractivity contribution in [1.29, 1.82) is 0 Å². The van der Waals surface area contributed by atoms with Crippen LogP contribution in [0.5, 0.6) is 0 Å². The third-order valence-corrected chi connectivity index (χ3v) is 3.47. The number of hydrogen-bond acceptors (Lipinski definition) is 2. The molecule has 2 nitrogen and oxygen atoms in total. The Morgan fingerprint density at radius 2 is 2.00 bits per heavy atom. The molecule has 0 aliphatic heterocycles. The fourth-order valence-electron chi connectivity index (χ4n) is 2.12. The van der Waals surface area contributed by atoms with Crippen molar-refractivity contribution >= 4 is 0 Å². The summed E-state index contributed by atoms with van der Waals surface area (Å²) >= 11 is 0. The first-order valence-corrected chi connectivity index (χ1v) is 6.32. The molecule has 1 N–H and O–H groups in total. The zero-order valence-corrected chi connectivity index (χ0v) is 11.0. The van der Waals surface area contributed by atoms with Gasteiger partial charge in [-0.3, -0.25) is 4.98 Å². The second-order valence-electron chi connectivity index (χ2n) is 4.51. The van der Waals surface area contributed by atoms with Gasteiger partial charge in [-0.2, -0.15) is 0 Å². The number of nitrogens with zero attached hydrogens (tertiary/aromatic N) is 1. The Bertz CT molecular complexity index is 305. The molecule has 1 aromatic rings. The Kier molecular flexibility index (Phi) is 5.47. The van der Waals surface area contributed by atoms with Crippen LogP contribution in [0.2, 0.25) is 0 Å². The normalized spacial score (nSPS) is 13.1. The molecule has 16 heavy (non-hydrogen) atoms. The minimum absolute atomic E-state index is 0.566. The molecule has 0 aliphatic rings. The van der Waals surface area contributed by atoms with Gasteiger partial charge in [-0.25, -0.2) is 0 Å². The number of aromatic nitrogens is 1. The molecule has 0 bridgehead atoms. The molecule has 1 atom stereocenters. The van der Waals surface area contributed by atoms with E-state index in [-0.39, 0.29) is 0 Å². The molecule has 0 saturated carbocycles. The smallest absolute Gasteiger partial charge is 0.0570 e. The fourth-order valence-corrected chi connectivity index (χ4v) is 2.12. The Hall–Kier alpha value is -0.890. The van der Waals surface area contributed by atoms with Gasteiger partial charge in [0, 0.05) is 18.8 Å². The highest BCUT2D eigenvalue weighted by molar-refractivity contribution is 5.17. The molecular weight excluding hydrogens is 196 g/mol. The maximum atomic E-state index is 4.40. The Labute approximate surface area is 99.5 Å². The summed E-state index contributed by atoms with van der Waals surface area (Å²) in [5.74, 6) is 0.768. The topological polar surface area (TPSA) is 24.9 Å². The lowest BCUT2D eigenvalue weighted by Gasteiger charge is -2.22. The van der Waals surface area contributed by atoms with Crippen molar-refractivity contribution in [2.24, 2.45) is 5.92 Å². The number of aryl methyl sites for hydroxylation is 1. The van der Waals surface area contributed by atoms with E-state index in [0.717, 1.165) is 12.5 Å². The Morgan fingerprint density at radius 3 is 2.56 bits per heavy atom. The fraction of sp³-hybridized carbons (Fsp3) is 0.643. The van der Waals surface area contributed by atoms with E-state index in [4.69, 9.17) is 0 Å². The minimum Gasteiger partial charge on any atom is -0.308 e. The molecular formula is C14H24N2. The van der Waals surface area contributed by atoms with Crippen LogP contribution in [0, 0.1) is 12.8 Å². The van der Waals surface area contributed by atoms with E-state index in [1.165, 1.54) is 24.1 Å². The minimum atomic E-state index is 0.566. The van der Waals surface area contributed by atoms with Gasteiger partial charge in [0.1, 0.15) is 0 Å². The predicted molar refractivity (Wildman–Crippen MR) is 69.3 cm³/mol. The van der Waals surface area contributed by atoms with E-state index < -0.39 is 0 Å². The summed E-state index contributed by atoms with van der Waals surface area (Å²) in [5, 5.41) is 3.58. The molecule has 0 fully saturated rings. The summed E-state index contributed by atoms with van der Waals surface area (Å²) in [7, 11) is 0. The molecule has 0 amide bonds. The van der Waals surface area contributed by atoms with Crippen LogP contribution in [0.1, 0.15) is 44.9 Å². The third kappa shape index (κ3) is 3.60. The summed E-state index contributed by atoms with van der Waals surface area (Å²) in [4.78, 5) is 4.40. The first kappa shape index (κ1) is 13.2. The average Bonchev–Trinajstić information content (AvgIpc) is 2.29. The van der Waals surface area contributed by atoms with Crippen molar-refractivity contribution < 1.29 is 0 Å². The second-order valence-corrected chi connectivity index (χ2v) is 4.51. The van der Waals surface area contributed by atoms with Gasteiger partial charge in [0.05, 0.1) is 5.69 Å². The van der Waals surface area contributed by atoms with E-state index in [2.05, 4.69) is 44.1 Å². The predicted octanol–water partition coefficient (Wildman–Crippen LogP) is 3.30. The van der Waals surface area contributed by atoms with E-state index in [0.29, 0.717) is 6.04 Å². The lowest BCUT2D eigenvalue weighted by atomic mass is 9.95. The van der Waals surface area contributed by atoms with Gasteiger partial charge < -0.3 is 5.32 Å². The lowest BCUT2D eigenvalue weighted by Crippen LogP contribution is -2.33. The first-order valence-electron chi connectivity index (χ1n) is 6.32. The average molecular weight is 220 g/mol.